The summed E-state index contributed by atoms with van der Waals surface area (Å²) in [5, 5.41) is 12.0. The Kier molecular flexibility index (Phi) is 2.93. The minimum Gasteiger partial charge on any atom is -0.394 e. The van der Waals surface area contributed by atoms with E-state index in [2.05, 4.69) is 5.32 Å². The number of hydrogen-bond donors (Lipinski definition) is 2. The zero-order valence-electron chi connectivity index (χ0n) is 8.50. The number of hydrogen-bond acceptors (Lipinski definition) is 3. The summed E-state index contributed by atoms with van der Waals surface area (Å²) in [6, 6.07) is -0.424. The summed E-state index contributed by atoms with van der Waals surface area (Å²) in [6.07, 6.45) is 0.908. The van der Waals surface area contributed by atoms with E-state index in [-0.39, 0.29) is 18.1 Å². The highest BCUT2D eigenvalue weighted by Crippen LogP contribution is 2.19. The van der Waals surface area contributed by atoms with Crippen LogP contribution in [0.4, 0.5) is 0 Å². The van der Waals surface area contributed by atoms with E-state index in [0.717, 1.165) is 13.0 Å². The molecule has 1 heterocycles. The van der Waals surface area contributed by atoms with Crippen LogP contribution in [0.25, 0.3) is 0 Å². The van der Waals surface area contributed by atoms with Crippen molar-refractivity contribution in [1.29, 1.82) is 0 Å². The number of nitrogens with one attached hydrogen (secondary N) is 1. The third-order valence-electron chi connectivity index (χ3n) is 2.85. The highest BCUT2D eigenvalue weighted by molar-refractivity contribution is 5.82. The fourth-order valence-corrected chi connectivity index (χ4v) is 1.48. The lowest BCUT2D eigenvalue weighted by Gasteiger charge is -2.34. The summed E-state index contributed by atoms with van der Waals surface area (Å²) in [4.78, 5) is 13.4. The number of amides is 1. The second-order valence-corrected chi connectivity index (χ2v) is 4.15. The maximum atomic E-state index is 11.7. The molecule has 0 aromatic carbocycles. The first kappa shape index (κ1) is 10.5. The van der Waals surface area contributed by atoms with Crippen molar-refractivity contribution in [1.82, 2.24) is 10.2 Å². The minimum absolute atomic E-state index is 0.0231. The standard InChI is InChI=1S/C9H18N2O2/c1-9(2)4-5-10-7(6-12)8(13)11(9)3/h7,10,12H,4-6H2,1-3H3. The molecular weight excluding hydrogens is 168 g/mol. The van der Waals surface area contributed by atoms with Gasteiger partial charge in [-0.2, -0.15) is 0 Å². The van der Waals surface area contributed by atoms with Gasteiger partial charge in [0.15, 0.2) is 0 Å². The maximum absolute atomic E-state index is 11.7. The lowest BCUT2D eigenvalue weighted by Crippen LogP contribution is -2.49. The Hall–Kier alpha value is -0.610. The lowest BCUT2D eigenvalue weighted by atomic mass is 9.99. The van der Waals surface area contributed by atoms with Gasteiger partial charge < -0.3 is 15.3 Å². The van der Waals surface area contributed by atoms with Gasteiger partial charge in [-0.3, -0.25) is 4.79 Å². The highest BCUT2D eigenvalue weighted by Gasteiger charge is 2.34. The molecule has 0 radical (unpaired) electrons. The molecule has 13 heavy (non-hydrogen) atoms. The van der Waals surface area contributed by atoms with Gasteiger partial charge in [-0.25, -0.2) is 0 Å². The summed E-state index contributed by atoms with van der Waals surface area (Å²) >= 11 is 0. The molecule has 1 aliphatic heterocycles. The van der Waals surface area contributed by atoms with Crippen LogP contribution in [-0.4, -0.2) is 47.7 Å². The molecule has 1 saturated heterocycles. The first-order valence-corrected chi connectivity index (χ1v) is 4.61. The molecule has 4 heteroatoms. The number of carbonyl (C=O) groups excluding carboxylic acids is 1. The van der Waals surface area contributed by atoms with Crippen LogP contribution in [0.2, 0.25) is 0 Å². The van der Waals surface area contributed by atoms with E-state index in [4.69, 9.17) is 5.11 Å². The topological polar surface area (TPSA) is 52.6 Å². The smallest absolute Gasteiger partial charge is 0.242 e. The van der Waals surface area contributed by atoms with Crippen LogP contribution in [0.5, 0.6) is 0 Å². The molecule has 1 atom stereocenters. The summed E-state index contributed by atoms with van der Waals surface area (Å²) in [6.45, 7) is 4.71. The largest absolute Gasteiger partial charge is 0.394 e. The van der Waals surface area contributed by atoms with Gasteiger partial charge in [-0.1, -0.05) is 0 Å². The fourth-order valence-electron chi connectivity index (χ4n) is 1.48. The second-order valence-electron chi connectivity index (χ2n) is 4.15. The van der Waals surface area contributed by atoms with Crippen LogP contribution in [0.1, 0.15) is 20.3 Å². The average Bonchev–Trinajstić information content (AvgIpc) is 2.17. The number of aliphatic hydroxyl groups is 1. The van der Waals surface area contributed by atoms with Crippen molar-refractivity contribution >= 4 is 5.91 Å². The summed E-state index contributed by atoms with van der Waals surface area (Å²) < 4.78 is 0. The SMILES string of the molecule is CN1C(=O)C(CO)NCCC1(C)C. The molecule has 2 N–H and O–H groups in total. The Morgan fingerprint density at radius 1 is 1.69 bits per heavy atom. The zero-order chi connectivity index (χ0) is 10.1. The predicted molar refractivity (Wildman–Crippen MR) is 50.3 cm³/mol. The Morgan fingerprint density at radius 3 is 2.85 bits per heavy atom. The van der Waals surface area contributed by atoms with Crippen molar-refractivity contribution in [2.45, 2.75) is 31.8 Å². The molecule has 0 aromatic heterocycles. The molecular formula is C9H18N2O2. The summed E-state index contributed by atoms with van der Waals surface area (Å²) in [5.74, 6) is -0.0231. The number of carbonyl (C=O) groups is 1. The van der Waals surface area contributed by atoms with E-state index in [1.807, 2.05) is 13.8 Å². The molecule has 1 unspecified atom stereocenters. The highest BCUT2D eigenvalue weighted by atomic mass is 16.3. The van der Waals surface area contributed by atoms with Gasteiger partial charge in [0.2, 0.25) is 5.91 Å². The van der Waals surface area contributed by atoms with Crippen molar-refractivity contribution in [3.05, 3.63) is 0 Å². The monoisotopic (exact) mass is 186 g/mol. The van der Waals surface area contributed by atoms with Gasteiger partial charge in [0.05, 0.1) is 6.61 Å². The van der Waals surface area contributed by atoms with E-state index in [9.17, 15) is 4.79 Å². The van der Waals surface area contributed by atoms with Gasteiger partial charge in [0.1, 0.15) is 6.04 Å². The molecule has 76 valence electrons. The summed E-state index contributed by atoms with van der Waals surface area (Å²) in [5.41, 5.74) is -0.117. The van der Waals surface area contributed by atoms with Crippen molar-refractivity contribution in [3.8, 4) is 0 Å². The third-order valence-corrected chi connectivity index (χ3v) is 2.85. The Bertz CT molecular complexity index is 204. The molecule has 0 bridgehead atoms. The molecule has 1 aliphatic rings. The first-order valence-electron chi connectivity index (χ1n) is 4.61. The van der Waals surface area contributed by atoms with Gasteiger partial charge >= 0.3 is 0 Å². The molecule has 1 fully saturated rings. The number of nitrogens with zero attached hydrogens (tertiary/aromatic N) is 1. The fraction of sp³-hybridized carbons (Fsp3) is 0.889. The predicted octanol–water partition coefficient (Wildman–Crippen LogP) is -0.422. The van der Waals surface area contributed by atoms with Crippen LogP contribution >= 0.6 is 0 Å². The lowest BCUT2D eigenvalue weighted by molar-refractivity contribution is -0.136. The average molecular weight is 186 g/mol. The quantitative estimate of drug-likeness (QED) is 0.584. The van der Waals surface area contributed by atoms with Crippen molar-refractivity contribution < 1.29 is 9.90 Å². The van der Waals surface area contributed by atoms with Crippen molar-refractivity contribution in [3.63, 3.8) is 0 Å². The Morgan fingerprint density at radius 2 is 2.31 bits per heavy atom. The van der Waals surface area contributed by atoms with Crippen molar-refractivity contribution in [2.24, 2.45) is 0 Å². The minimum atomic E-state index is -0.424. The molecule has 0 aromatic rings. The van der Waals surface area contributed by atoms with Gasteiger partial charge in [0.25, 0.3) is 0 Å². The van der Waals surface area contributed by atoms with Gasteiger partial charge in [-0.15, -0.1) is 0 Å². The van der Waals surface area contributed by atoms with E-state index in [1.54, 1.807) is 11.9 Å². The molecule has 1 amide bonds. The van der Waals surface area contributed by atoms with Gasteiger partial charge in [-0.05, 0) is 26.8 Å². The normalized spacial score (nSPS) is 28.8. The molecule has 0 aliphatic carbocycles. The Labute approximate surface area is 78.9 Å². The van der Waals surface area contributed by atoms with E-state index < -0.39 is 6.04 Å². The molecule has 0 saturated carbocycles. The van der Waals surface area contributed by atoms with E-state index in [0.29, 0.717) is 0 Å². The molecule has 0 spiro atoms. The van der Waals surface area contributed by atoms with Crippen LogP contribution < -0.4 is 5.32 Å². The Balaban J connectivity index is 2.80. The van der Waals surface area contributed by atoms with E-state index >= 15 is 0 Å². The first-order chi connectivity index (χ1) is 5.99. The number of likely N-dealkylation sites (N-methyl/N-ethyl adjacent to an activating group) is 1. The summed E-state index contributed by atoms with van der Waals surface area (Å²) in [7, 11) is 1.79. The van der Waals surface area contributed by atoms with Crippen LogP contribution in [0.3, 0.4) is 0 Å². The van der Waals surface area contributed by atoms with Gasteiger partial charge in [0, 0.05) is 12.6 Å². The maximum Gasteiger partial charge on any atom is 0.242 e. The van der Waals surface area contributed by atoms with Crippen LogP contribution in [0, 0.1) is 0 Å². The van der Waals surface area contributed by atoms with Crippen LogP contribution in [-0.2, 0) is 4.79 Å². The third kappa shape index (κ3) is 2.00. The zero-order valence-corrected chi connectivity index (χ0v) is 8.50. The van der Waals surface area contributed by atoms with Crippen LogP contribution in [0.15, 0.2) is 0 Å². The number of aliphatic hydroxyl groups excluding tert-OH is 1. The number of rotatable bonds is 1. The molecule has 1 rings (SSSR count). The molecule has 4 nitrogen and oxygen atoms in total. The van der Waals surface area contributed by atoms with E-state index in [1.165, 1.54) is 0 Å². The second kappa shape index (κ2) is 3.64. The van der Waals surface area contributed by atoms with Crippen molar-refractivity contribution in [2.75, 3.05) is 20.2 Å².